The third-order valence-electron chi connectivity index (χ3n) is 7.44. The summed E-state index contributed by atoms with van der Waals surface area (Å²) in [6.45, 7) is 4.61. The van der Waals surface area contributed by atoms with Gasteiger partial charge in [0.2, 0.25) is 0 Å². The molecule has 0 saturated carbocycles. The lowest BCUT2D eigenvalue weighted by Crippen LogP contribution is -2.06. The first-order valence-electron chi connectivity index (χ1n) is 13.4. The van der Waals surface area contributed by atoms with Gasteiger partial charge in [0.1, 0.15) is 11.3 Å². The monoisotopic (exact) mass is 430 g/mol. The van der Waals surface area contributed by atoms with Gasteiger partial charge >= 0.3 is 0 Å². The summed E-state index contributed by atoms with van der Waals surface area (Å²) in [7, 11) is 0. The summed E-state index contributed by atoms with van der Waals surface area (Å²) in [6.07, 6.45) is 19.0. The smallest absolute Gasteiger partial charge is 0.139 e. The highest BCUT2D eigenvalue weighted by molar-refractivity contribution is 5.91. The molecule has 1 aliphatic carbocycles. The lowest BCUT2D eigenvalue weighted by Gasteiger charge is -2.18. The van der Waals surface area contributed by atoms with E-state index < -0.39 is 0 Å². The summed E-state index contributed by atoms with van der Waals surface area (Å²) in [4.78, 5) is 0. The molecule has 0 amide bonds. The number of unbranched alkanes of at least 4 members (excludes halogenated alkanes) is 8. The SMILES string of the molecule is CCCCCCCCC(CCCCCC)Cc1ccc2c(c1)Cc1c-2oc2ccccc12. The standard InChI is InChI=1S/C31H42O/c1-3-5-7-9-10-12-16-24(15-11-8-6-4-2)21-25-19-20-27-26(22-25)23-29-28-17-13-14-18-30(28)32-31(27)29/h13-14,17-20,22,24H,3-12,15-16,21,23H2,1-2H3. The van der Waals surface area contributed by atoms with Gasteiger partial charge in [-0.2, -0.15) is 0 Å². The van der Waals surface area contributed by atoms with Crippen LogP contribution in [0.25, 0.3) is 22.3 Å². The molecule has 1 unspecified atom stereocenters. The summed E-state index contributed by atoms with van der Waals surface area (Å²) >= 11 is 0. The average molecular weight is 431 g/mol. The van der Waals surface area contributed by atoms with Crippen LogP contribution in [-0.2, 0) is 12.8 Å². The Bertz CT molecular complexity index is 979. The van der Waals surface area contributed by atoms with Crippen molar-refractivity contribution in [1.29, 1.82) is 0 Å². The molecule has 1 atom stereocenters. The number of benzene rings is 2. The summed E-state index contributed by atoms with van der Waals surface area (Å²) in [6, 6.07) is 15.7. The Balaban J connectivity index is 1.39. The summed E-state index contributed by atoms with van der Waals surface area (Å²) in [5.74, 6) is 1.95. The van der Waals surface area contributed by atoms with Crippen LogP contribution in [0.15, 0.2) is 46.9 Å². The van der Waals surface area contributed by atoms with Crippen LogP contribution in [0.4, 0.5) is 0 Å². The highest BCUT2D eigenvalue weighted by atomic mass is 16.3. The van der Waals surface area contributed by atoms with E-state index in [9.17, 15) is 0 Å². The molecule has 0 spiro atoms. The lowest BCUT2D eigenvalue weighted by molar-refractivity contribution is 0.402. The number of hydrogen-bond acceptors (Lipinski definition) is 1. The average Bonchev–Trinajstić information content (AvgIpc) is 3.34. The minimum Gasteiger partial charge on any atom is -0.456 e. The molecular weight excluding hydrogens is 388 g/mol. The molecule has 32 heavy (non-hydrogen) atoms. The zero-order chi connectivity index (χ0) is 22.2. The molecule has 0 saturated heterocycles. The van der Waals surface area contributed by atoms with Gasteiger partial charge in [-0.25, -0.2) is 0 Å². The van der Waals surface area contributed by atoms with Crippen LogP contribution in [0.2, 0.25) is 0 Å². The quantitative estimate of drug-likeness (QED) is 0.181. The van der Waals surface area contributed by atoms with Gasteiger partial charge in [-0.1, -0.05) is 127 Å². The fourth-order valence-electron chi connectivity index (χ4n) is 5.58. The summed E-state index contributed by atoms with van der Waals surface area (Å²) < 4.78 is 6.23. The molecule has 1 aromatic heterocycles. The van der Waals surface area contributed by atoms with Crippen molar-refractivity contribution >= 4 is 11.0 Å². The van der Waals surface area contributed by atoms with Crippen LogP contribution in [0, 0.1) is 5.92 Å². The summed E-state index contributed by atoms with van der Waals surface area (Å²) in [5, 5.41) is 1.29. The Kier molecular flexibility index (Phi) is 8.49. The second-order valence-corrected chi connectivity index (χ2v) is 10.1. The van der Waals surface area contributed by atoms with Gasteiger partial charge < -0.3 is 4.42 Å². The van der Waals surface area contributed by atoms with Crippen LogP contribution in [0.1, 0.15) is 108 Å². The molecule has 4 rings (SSSR count). The van der Waals surface area contributed by atoms with E-state index in [-0.39, 0.29) is 0 Å². The first-order chi connectivity index (χ1) is 15.8. The van der Waals surface area contributed by atoms with Crippen LogP contribution >= 0.6 is 0 Å². The van der Waals surface area contributed by atoms with E-state index >= 15 is 0 Å². The highest BCUT2D eigenvalue weighted by Crippen LogP contribution is 2.43. The highest BCUT2D eigenvalue weighted by Gasteiger charge is 2.25. The van der Waals surface area contributed by atoms with Gasteiger partial charge in [-0.3, -0.25) is 0 Å². The van der Waals surface area contributed by atoms with Crippen molar-refractivity contribution < 1.29 is 4.42 Å². The maximum atomic E-state index is 6.23. The normalized spacial score (nSPS) is 13.4. The van der Waals surface area contributed by atoms with E-state index in [0.29, 0.717) is 0 Å². The Morgan fingerprint density at radius 1 is 0.781 bits per heavy atom. The molecule has 172 valence electrons. The van der Waals surface area contributed by atoms with Crippen molar-refractivity contribution in [3.05, 3.63) is 59.2 Å². The Morgan fingerprint density at radius 2 is 1.47 bits per heavy atom. The van der Waals surface area contributed by atoms with E-state index in [1.807, 2.05) is 0 Å². The number of para-hydroxylation sites is 1. The van der Waals surface area contributed by atoms with Gasteiger partial charge in [0.25, 0.3) is 0 Å². The molecule has 1 heterocycles. The Labute approximate surface area is 195 Å². The van der Waals surface area contributed by atoms with Gasteiger partial charge in [0, 0.05) is 22.9 Å². The van der Waals surface area contributed by atoms with Gasteiger partial charge in [-0.05, 0) is 29.5 Å². The lowest BCUT2D eigenvalue weighted by atomic mass is 9.88. The van der Waals surface area contributed by atoms with Crippen molar-refractivity contribution in [2.75, 3.05) is 0 Å². The fourth-order valence-corrected chi connectivity index (χ4v) is 5.58. The molecule has 0 aliphatic heterocycles. The Hall–Kier alpha value is -2.02. The summed E-state index contributed by atoms with van der Waals surface area (Å²) in [5.41, 5.74) is 6.72. The van der Waals surface area contributed by atoms with Gasteiger partial charge in [0.15, 0.2) is 0 Å². The van der Waals surface area contributed by atoms with E-state index in [2.05, 4.69) is 56.3 Å². The minimum absolute atomic E-state index is 0.842. The zero-order valence-electron chi connectivity index (χ0n) is 20.4. The van der Waals surface area contributed by atoms with Crippen LogP contribution in [0.5, 0.6) is 0 Å². The second kappa shape index (κ2) is 11.7. The molecule has 1 heteroatoms. The van der Waals surface area contributed by atoms with Crippen LogP contribution in [0.3, 0.4) is 0 Å². The molecule has 0 N–H and O–H groups in total. The maximum absolute atomic E-state index is 6.23. The minimum atomic E-state index is 0.842. The fraction of sp³-hybridized carbons (Fsp3) is 0.548. The first kappa shape index (κ1) is 23.1. The molecule has 1 nitrogen and oxygen atoms in total. The predicted molar refractivity (Wildman–Crippen MR) is 138 cm³/mol. The number of hydrogen-bond donors (Lipinski definition) is 0. The third-order valence-corrected chi connectivity index (χ3v) is 7.44. The van der Waals surface area contributed by atoms with E-state index in [1.54, 1.807) is 0 Å². The molecule has 2 aromatic carbocycles. The van der Waals surface area contributed by atoms with E-state index in [0.717, 1.165) is 23.7 Å². The van der Waals surface area contributed by atoms with Crippen molar-refractivity contribution in [3.8, 4) is 11.3 Å². The second-order valence-electron chi connectivity index (χ2n) is 10.1. The largest absolute Gasteiger partial charge is 0.456 e. The van der Waals surface area contributed by atoms with E-state index in [4.69, 9.17) is 4.42 Å². The Morgan fingerprint density at radius 3 is 2.25 bits per heavy atom. The van der Waals surface area contributed by atoms with Crippen LogP contribution in [-0.4, -0.2) is 0 Å². The number of fused-ring (bicyclic) bond motifs is 5. The van der Waals surface area contributed by atoms with E-state index in [1.165, 1.54) is 111 Å². The topological polar surface area (TPSA) is 13.1 Å². The zero-order valence-corrected chi connectivity index (χ0v) is 20.4. The molecule has 0 radical (unpaired) electrons. The molecule has 1 aliphatic rings. The first-order valence-corrected chi connectivity index (χ1v) is 13.4. The molecule has 0 fully saturated rings. The number of rotatable bonds is 14. The predicted octanol–water partition coefficient (Wildman–Crippen LogP) is 9.88. The molecular formula is C31H42O. The number of furan rings is 1. The van der Waals surface area contributed by atoms with Crippen molar-refractivity contribution in [3.63, 3.8) is 0 Å². The third kappa shape index (κ3) is 5.66. The maximum Gasteiger partial charge on any atom is 0.139 e. The van der Waals surface area contributed by atoms with Crippen molar-refractivity contribution in [1.82, 2.24) is 0 Å². The van der Waals surface area contributed by atoms with Gasteiger partial charge in [0.05, 0.1) is 0 Å². The molecule has 0 bridgehead atoms. The van der Waals surface area contributed by atoms with Gasteiger partial charge in [-0.15, -0.1) is 0 Å². The van der Waals surface area contributed by atoms with Crippen molar-refractivity contribution in [2.45, 2.75) is 104 Å². The van der Waals surface area contributed by atoms with Crippen molar-refractivity contribution in [2.24, 2.45) is 5.92 Å². The molecule has 3 aromatic rings. The van der Waals surface area contributed by atoms with Crippen LogP contribution < -0.4 is 0 Å².